The van der Waals surface area contributed by atoms with Crippen LogP contribution in [0, 0.1) is 23.2 Å². The van der Waals surface area contributed by atoms with Gasteiger partial charge in [-0.05, 0) is 75.2 Å². The van der Waals surface area contributed by atoms with Gasteiger partial charge in [0.05, 0.1) is 6.04 Å². The fraction of sp³-hybridized carbons (Fsp3) is 0.641. The molecule has 3 fully saturated rings. The number of alkyl carbamates (subject to hydrolysis) is 1. The van der Waals surface area contributed by atoms with Gasteiger partial charge in [0.25, 0.3) is 5.91 Å². The molecule has 3 aliphatic rings. The molecule has 1 aliphatic heterocycles. The molecule has 0 aromatic heterocycles. The van der Waals surface area contributed by atoms with Gasteiger partial charge in [-0.1, -0.05) is 69.5 Å². The molecule has 4 rings (SSSR count). The van der Waals surface area contributed by atoms with E-state index >= 15 is 0 Å². The van der Waals surface area contributed by atoms with Crippen LogP contribution in [0.5, 0.6) is 0 Å². The van der Waals surface area contributed by atoms with Crippen LogP contribution in [0.1, 0.15) is 91.5 Å². The number of Topliss-reactive ketones (excluding diaryl/α,β-unsaturated/α-hetero) is 1. The summed E-state index contributed by atoms with van der Waals surface area (Å²) in [5.74, 6) is -2.91. The quantitative estimate of drug-likeness (QED) is 0.183. The molecule has 5 amide bonds. The molecule has 0 radical (unpaired) electrons. The van der Waals surface area contributed by atoms with Gasteiger partial charge < -0.3 is 30.5 Å². The van der Waals surface area contributed by atoms with Crippen LogP contribution < -0.4 is 16.0 Å². The van der Waals surface area contributed by atoms with Crippen molar-refractivity contribution in [1.29, 1.82) is 0 Å². The van der Waals surface area contributed by atoms with Crippen LogP contribution in [0.2, 0.25) is 0 Å². The number of likely N-dealkylation sites (tertiary alicyclic amines) is 1. The molecule has 1 aromatic rings. The van der Waals surface area contributed by atoms with Gasteiger partial charge in [0.15, 0.2) is 0 Å². The lowest BCUT2D eigenvalue weighted by Crippen LogP contribution is -2.59. The van der Waals surface area contributed by atoms with E-state index in [4.69, 9.17) is 4.74 Å². The molecule has 1 saturated heterocycles. The van der Waals surface area contributed by atoms with Crippen LogP contribution in [-0.2, 0) is 35.3 Å². The monoisotopic (exact) mass is 707 g/mol. The van der Waals surface area contributed by atoms with Crippen molar-refractivity contribution in [3.8, 4) is 0 Å². The summed E-state index contributed by atoms with van der Waals surface area (Å²) >= 11 is 0. The molecule has 0 bridgehead atoms. The standard InChI is InChI=1S/C39H57N5O7/c1-8-9-20-28(33(46)35(48)40-22-21-29(45)43(7)23-25-16-12-10-13-17-25)41-34(47)32-30-27(39(30,5)6)24-44(32)36(49)31(26-18-14-11-15-19-26)42-37(50)51-38(2,3)4/h8,10,12-13,16-17,26-28,30-32H,1,9,11,14-15,18-24H2,2-7H3,(H,40,48)(H,41,47)(H,42,50)/t27?,28?,30-,31-,32-/m0/s1. The number of fused-ring (bicyclic) bond motifs is 1. The lowest BCUT2D eigenvalue weighted by atomic mass is 9.83. The Morgan fingerprint density at radius 1 is 1.04 bits per heavy atom. The lowest BCUT2D eigenvalue weighted by molar-refractivity contribution is -0.145. The normalized spacial score (nSPS) is 22.1. The summed E-state index contributed by atoms with van der Waals surface area (Å²) in [7, 11) is 1.68. The third-order valence-electron chi connectivity index (χ3n) is 10.6. The summed E-state index contributed by atoms with van der Waals surface area (Å²) in [4.78, 5) is 83.7. The Labute approximate surface area is 302 Å². The minimum atomic E-state index is -1.15. The number of hydrogen-bond donors (Lipinski definition) is 3. The average molecular weight is 708 g/mol. The highest BCUT2D eigenvalue weighted by atomic mass is 16.6. The van der Waals surface area contributed by atoms with Crippen LogP contribution in [0.3, 0.4) is 0 Å². The molecule has 280 valence electrons. The zero-order chi connectivity index (χ0) is 37.5. The number of carbonyl (C=O) groups is 6. The van der Waals surface area contributed by atoms with Gasteiger partial charge in [0, 0.05) is 33.1 Å². The number of allylic oxidation sites excluding steroid dienone is 1. The summed E-state index contributed by atoms with van der Waals surface area (Å²) in [5, 5.41) is 8.20. The number of carbonyl (C=O) groups excluding carboxylic acids is 6. The Kier molecular flexibility index (Phi) is 13.1. The third-order valence-corrected chi connectivity index (χ3v) is 10.6. The fourth-order valence-corrected chi connectivity index (χ4v) is 7.75. The zero-order valence-electron chi connectivity index (χ0n) is 31.2. The fourth-order valence-electron chi connectivity index (χ4n) is 7.75. The van der Waals surface area contributed by atoms with Crippen molar-refractivity contribution in [2.45, 2.75) is 116 Å². The third kappa shape index (κ3) is 10.2. The molecule has 12 heteroatoms. The highest BCUT2D eigenvalue weighted by Gasteiger charge is 2.69. The van der Waals surface area contributed by atoms with E-state index in [9.17, 15) is 28.8 Å². The van der Waals surface area contributed by atoms with E-state index in [1.54, 1.807) is 43.7 Å². The van der Waals surface area contributed by atoms with E-state index in [0.717, 1.165) is 37.7 Å². The first-order valence-electron chi connectivity index (χ1n) is 18.4. The first-order chi connectivity index (χ1) is 24.0. The second-order valence-corrected chi connectivity index (χ2v) is 15.9. The minimum Gasteiger partial charge on any atom is -0.444 e. The molecular weight excluding hydrogens is 650 g/mol. The van der Waals surface area contributed by atoms with Crippen LogP contribution in [0.4, 0.5) is 4.79 Å². The van der Waals surface area contributed by atoms with Gasteiger partial charge in [0.1, 0.15) is 17.7 Å². The number of nitrogens with one attached hydrogen (secondary N) is 3. The number of rotatable bonds is 15. The smallest absolute Gasteiger partial charge is 0.408 e. The van der Waals surface area contributed by atoms with E-state index in [0.29, 0.717) is 19.5 Å². The summed E-state index contributed by atoms with van der Waals surface area (Å²) in [6, 6.07) is 6.65. The topological polar surface area (TPSA) is 154 Å². The number of hydrogen-bond acceptors (Lipinski definition) is 7. The summed E-state index contributed by atoms with van der Waals surface area (Å²) < 4.78 is 5.52. The first kappa shape index (κ1) is 39.6. The molecule has 12 nitrogen and oxygen atoms in total. The van der Waals surface area contributed by atoms with Crippen molar-refractivity contribution in [2.75, 3.05) is 20.1 Å². The summed E-state index contributed by atoms with van der Waals surface area (Å²) in [6.45, 7) is 13.9. The number of benzene rings is 1. The Bertz CT molecular complexity index is 1450. The number of piperidine rings is 1. The van der Waals surface area contributed by atoms with Crippen molar-refractivity contribution in [1.82, 2.24) is 25.8 Å². The lowest BCUT2D eigenvalue weighted by Gasteiger charge is -2.37. The predicted octanol–water partition coefficient (Wildman–Crippen LogP) is 4.13. The Morgan fingerprint density at radius 2 is 1.71 bits per heavy atom. The summed E-state index contributed by atoms with van der Waals surface area (Å²) in [5.41, 5.74) is 0.0238. The Balaban J connectivity index is 1.43. The van der Waals surface area contributed by atoms with Gasteiger partial charge in [-0.2, -0.15) is 0 Å². The molecule has 1 heterocycles. The predicted molar refractivity (Wildman–Crippen MR) is 193 cm³/mol. The highest BCUT2D eigenvalue weighted by Crippen LogP contribution is 2.65. The summed E-state index contributed by atoms with van der Waals surface area (Å²) in [6.07, 6.45) is 5.94. The van der Waals surface area contributed by atoms with Gasteiger partial charge in [-0.15, -0.1) is 6.58 Å². The van der Waals surface area contributed by atoms with Crippen molar-refractivity contribution < 1.29 is 33.5 Å². The van der Waals surface area contributed by atoms with E-state index < -0.39 is 47.4 Å². The van der Waals surface area contributed by atoms with Crippen LogP contribution in [0.15, 0.2) is 43.0 Å². The Morgan fingerprint density at radius 3 is 2.33 bits per heavy atom. The minimum absolute atomic E-state index is 0.00280. The van der Waals surface area contributed by atoms with Gasteiger partial charge in [0.2, 0.25) is 23.5 Å². The van der Waals surface area contributed by atoms with Crippen molar-refractivity contribution in [3.63, 3.8) is 0 Å². The van der Waals surface area contributed by atoms with Gasteiger partial charge >= 0.3 is 6.09 Å². The van der Waals surface area contributed by atoms with E-state index in [-0.39, 0.29) is 54.4 Å². The van der Waals surface area contributed by atoms with E-state index in [2.05, 4.69) is 36.4 Å². The van der Waals surface area contributed by atoms with Crippen LogP contribution in [0.25, 0.3) is 0 Å². The number of ketones is 1. The second kappa shape index (κ2) is 16.9. The van der Waals surface area contributed by atoms with Crippen molar-refractivity contribution in [2.24, 2.45) is 23.2 Å². The molecule has 1 aromatic carbocycles. The van der Waals surface area contributed by atoms with Crippen LogP contribution >= 0.6 is 0 Å². The number of amides is 5. The van der Waals surface area contributed by atoms with Crippen LogP contribution in [-0.4, -0.2) is 89.2 Å². The second-order valence-electron chi connectivity index (χ2n) is 15.9. The molecule has 3 N–H and O–H groups in total. The van der Waals surface area contributed by atoms with Crippen molar-refractivity contribution in [3.05, 3.63) is 48.6 Å². The Hall–Kier alpha value is -4.22. The molecule has 2 aliphatic carbocycles. The molecule has 2 saturated carbocycles. The van der Waals surface area contributed by atoms with Gasteiger partial charge in [-0.3, -0.25) is 24.0 Å². The number of nitrogens with zero attached hydrogens (tertiary/aromatic N) is 2. The molecule has 51 heavy (non-hydrogen) atoms. The maximum absolute atomic E-state index is 14.4. The zero-order valence-corrected chi connectivity index (χ0v) is 31.2. The van der Waals surface area contributed by atoms with Gasteiger partial charge in [-0.25, -0.2) is 4.79 Å². The maximum atomic E-state index is 14.4. The molecule has 5 atom stereocenters. The molecule has 0 spiro atoms. The molecule has 2 unspecified atom stereocenters. The SMILES string of the molecule is C=CCCC(NC(=O)[C@@H]1[C@@H]2C(CN1C(=O)[C@@H](NC(=O)OC(C)(C)C)C1CCCCC1)C2(C)C)C(=O)C(=O)NCCC(=O)N(C)Cc1ccccc1. The molecular formula is C39H57N5O7. The van der Waals surface area contributed by atoms with Crippen molar-refractivity contribution >= 4 is 35.5 Å². The average Bonchev–Trinajstić information content (AvgIpc) is 3.38. The van der Waals surface area contributed by atoms with E-state index in [1.165, 1.54) is 0 Å². The number of ether oxygens (including phenoxy) is 1. The maximum Gasteiger partial charge on any atom is 0.408 e. The highest BCUT2D eigenvalue weighted by molar-refractivity contribution is 6.38. The first-order valence-corrected chi connectivity index (χ1v) is 18.4. The van der Waals surface area contributed by atoms with E-state index in [1.807, 2.05) is 30.3 Å². The largest absolute Gasteiger partial charge is 0.444 e.